The number of alkyl halides is 1. The molecule has 1 aromatic rings. The second kappa shape index (κ2) is 8.36. The van der Waals surface area contributed by atoms with Crippen molar-refractivity contribution in [1.82, 2.24) is 10.6 Å². The van der Waals surface area contributed by atoms with Crippen LogP contribution in [0.5, 0.6) is 0 Å². The SMILES string of the molecule is CC(C(=O)NC1(CNC(=O)CCl)CCCCC1)c1ccc(Cl)s1. The largest absolute Gasteiger partial charge is 0.353 e. The molecule has 0 spiro atoms. The first kappa shape index (κ1) is 18.6. The van der Waals surface area contributed by atoms with Gasteiger partial charge in [-0.1, -0.05) is 30.9 Å². The Morgan fingerprint density at radius 2 is 2.00 bits per heavy atom. The fraction of sp³-hybridized carbons (Fsp3) is 0.625. The number of carbonyl (C=O) groups excluding carboxylic acids is 2. The fourth-order valence-electron chi connectivity index (χ4n) is 2.95. The minimum atomic E-state index is -0.369. The molecule has 1 aliphatic rings. The quantitative estimate of drug-likeness (QED) is 0.743. The van der Waals surface area contributed by atoms with Gasteiger partial charge in [0.05, 0.1) is 15.8 Å². The molecule has 1 fully saturated rings. The lowest BCUT2D eigenvalue weighted by Crippen LogP contribution is -2.57. The van der Waals surface area contributed by atoms with Crippen LogP contribution in [0.15, 0.2) is 12.1 Å². The van der Waals surface area contributed by atoms with Crippen molar-refractivity contribution in [1.29, 1.82) is 0 Å². The standard InChI is InChI=1S/C16H22Cl2N2O2S/c1-11(12-5-6-13(18)23-12)15(22)20-16(7-3-2-4-8-16)10-19-14(21)9-17/h5-6,11H,2-4,7-10H2,1H3,(H,19,21)(H,20,22). The van der Waals surface area contributed by atoms with Gasteiger partial charge in [0, 0.05) is 11.4 Å². The molecule has 1 aliphatic carbocycles. The summed E-state index contributed by atoms with van der Waals surface area (Å²) in [6, 6.07) is 3.70. The molecule has 1 saturated carbocycles. The van der Waals surface area contributed by atoms with Gasteiger partial charge in [-0.15, -0.1) is 22.9 Å². The molecule has 0 aliphatic heterocycles. The van der Waals surface area contributed by atoms with Gasteiger partial charge in [0.2, 0.25) is 11.8 Å². The average molecular weight is 377 g/mol. The summed E-state index contributed by atoms with van der Waals surface area (Å²) in [6.45, 7) is 2.31. The molecule has 2 N–H and O–H groups in total. The Morgan fingerprint density at radius 3 is 2.57 bits per heavy atom. The van der Waals surface area contributed by atoms with Gasteiger partial charge in [-0.05, 0) is 31.9 Å². The van der Waals surface area contributed by atoms with Crippen LogP contribution in [0, 0.1) is 0 Å². The van der Waals surface area contributed by atoms with E-state index in [4.69, 9.17) is 23.2 Å². The molecule has 1 unspecified atom stereocenters. The Balaban J connectivity index is 2.04. The highest BCUT2D eigenvalue weighted by atomic mass is 35.5. The molecule has 1 heterocycles. The van der Waals surface area contributed by atoms with E-state index < -0.39 is 0 Å². The van der Waals surface area contributed by atoms with Crippen LogP contribution in [0.25, 0.3) is 0 Å². The average Bonchev–Trinajstić information content (AvgIpc) is 2.99. The zero-order valence-electron chi connectivity index (χ0n) is 13.2. The van der Waals surface area contributed by atoms with Crippen LogP contribution in [0.1, 0.15) is 49.8 Å². The zero-order chi connectivity index (χ0) is 16.9. The molecule has 0 saturated heterocycles. The lowest BCUT2D eigenvalue weighted by atomic mass is 9.81. The third-order valence-electron chi connectivity index (χ3n) is 4.36. The predicted octanol–water partition coefficient (Wildman–Crippen LogP) is 3.68. The van der Waals surface area contributed by atoms with E-state index in [1.807, 2.05) is 19.1 Å². The molecule has 0 aromatic carbocycles. The van der Waals surface area contributed by atoms with E-state index in [0.717, 1.165) is 37.0 Å². The Bertz CT molecular complexity index is 556. The Kier molecular flexibility index (Phi) is 6.74. The summed E-state index contributed by atoms with van der Waals surface area (Å²) >= 11 is 12.9. The topological polar surface area (TPSA) is 58.2 Å². The highest BCUT2D eigenvalue weighted by molar-refractivity contribution is 7.16. The van der Waals surface area contributed by atoms with E-state index in [2.05, 4.69) is 10.6 Å². The lowest BCUT2D eigenvalue weighted by molar-refractivity contribution is -0.125. The number of carbonyl (C=O) groups is 2. The first-order valence-corrected chi connectivity index (χ1v) is 9.58. The van der Waals surface area contributed by atoms with Gasteiger partial charge in [-0.3, -0.25) is 9.59 Å². The van der Waals surface area contributed by atoms with Crippen molar-refractivity contribution in [3.63, 3.8) is 0 Å². The van der Waals surface area contributed by atoms with E-state index in [0.29, 0.717) is 10.9 Å². The maximum Gasteiger partial charge on any atom is 0.235 e. The van der Waals surface area contributed by atoms with Crippen LogP contribution in [0.3, 0.4) is 0 Å². The second-order valence-electron chi connectivity index (χ2n) is 6.10. The van der Waals surface area contributed by atoms with Crippen molar-refractivity contribution in [2.45, 2.75) is 50.5 Å². The van der Waals surface area contributed by atoms with E-state index in [1.54, 1.807) is 0 Å². The van der Waals surface area contributed by atoms with Crippen LogP contribution in [0.4, 0.5) is 0 Å². The van der Waals surface area contributed by atoms with Crippen molar-refractivity contribution < 1.29 is 9.59 Å². The van der Waals surface area contributed by atoms with E-state index in [1.165, 1.54) is 11.3 Å². The van der Waals surface area contributed by atoms with E-state index >= 15 is 0 Å². The third-order valence-corrected chi connectivity index (χ3v) is 6.01. The van der Waals surface area contributed by atoms with Crippen molar-refractivity contribution in [2.75, 3.05) is 12.4 Å². The molecule has 7 heteroatoms. The minimum Gasteiger partial charge on any atom is -0.353 e. The molecule has 0 radical (unpaired) electrons. The Hall–Kier alpha value is -0.780. The van der Waals surface area contributed by atoms with Crippen molar-refractivity contribution in [2.24, 2.45) is 0 Å². The molecule has 4 nitrogen and oxygen atoms in total. The molecule has 23 heavy (non-hydrogen) atoms. The van der Waals surface area contributed by atoms with E-state index in [9.17, 15) is 9.59 Å². The molecule has 2 rings (SSSR count). The van der Waals surface area contributed by atoms with Gasteiger partial charge in [0.25, 0.3) is 0 Å². The number of rotatable bonds is 6. The monoisotopic (exact) mass is 376 g/mol. The van der Waals surface area contributed by atoms with Crippen molar-refractivity contribution >= 4 is 46.4 Å². The summed E-state index contributed by atoms with van der Waals surface area (Å²) in [5, 5.41) is 6.01. The smallest absolute Gasteiger partial charge is 0.235 e. The molecule has 1 atom stereocenters. The van der Waals surface area contributed by atoms with Gasteiger partial charge < -0.3 is 10.6 Å². The zero-order valence-corrected chi connectivity index (χ0v) is 15.5. The van der Waals surface area contributed by atoms with Gasteiger partial charge >= 0.3 is 0 Å². The van der Waals surface area contributed by atoms with E-state index in [-0.39, 0.29) is 29.2 Å². The van der Waals surface area contributed by atoms with Crippen molar-refractivity contribution in [3.8, 4) is 0 Å². The summed E-state index contributed by atoms with van der Waals surface area (Å²) in [4.78, 5) is 25.1. The lowest BCUT2D eigenvalue weighted by Gasteiger charge is -2.39. The molecule has 2 amide bonds. The number of thiophene rings is 1. The maximum absolute atomic E-state index is 12.7. The Morgan fingerprint density at radius 1 is 1.30 bits per heavy atom. The van der Waals surface area contributed by atoms with Crippen LogP contribution in [0.2, 0.25) is 4.34 Å². The minimum absolute atomic E-state index is 0.0226. The number of nitrogens with one attached hydrogen (secondary N) is 2. The molecular weight excluding hydrogens is 355 g/mol. The number of hydrogen-bond acceptors (Lipinski definition) is 3. The highest BCUT2D eigenvalue weighted by Gasteiger charge is 2.35. The predicted molar refractivity (Wildman–Crippen MR) is 95.4 cm³/mol. The molecule has 128 valence electrons. The number of amides is 2. The molecule has 1 aromatic heterocycles. The maximum atomic E-state index is 12.7. The first-order chi connectivity index (χ1) is 11.0. The first-order valence-electron chi connectivity index (χ1n) is 7.86. The van der Waals surface area contributed by atoms with Gasteiger partial charge in [0.15, 0.2) is 0 Å². The summed E-state index contributed by atoms with van der Waals surface area (Å²) < 4.78 is 0.682. The van der Waals surface area contributed by atoms with Crippen LogP contribution < -0.4 is 10.6 Å². The summed E-state index contributed by atoms with van der Waals surface area (Å²) in [7, 11) is 0. The van der Waals surface area contributed by atoms with Gasteiger partial charge in [-0.25, -0.2) is 0 Å². The van der Waals surface area contributed by atoms with Crippen LogP contribution in [-0.2, 0) is 9.59 Å². The normalized spacial score (nSPS) is 18.2. The Labute approximate surface area is 150 Å². The summed E-state index contributed by atoms with van der Waals surface area (Å²) in [6.07, 6.45) is 5.02. The summed E-state index contributed by atoms with van der Waals surface area (Å²) in [5.74, 6) is -0.543. The van der Waals surface area contributed by atoms with Gasteiger partial charge in [-0.2, -0.15) is 0 Å². The van der Waals surface area contributed by atoms with Crippen LogP contribution in [-0.4, -0.2) is 29.8 Å². The second-order valence-corrected chi connectivity index (χ2v) is 8.12. The third kappa shape index (κ3) is 5.10. The van der Waals surface area contributed by atoms with Crippen LogP contribution >= 0.6 is 34.5 Å². The molecule has 0 bridgehead atoms. The number of hydrogen-bond donors (Lipinski definition) is 2. The highest BCUT2D eigenvalue weighted by Crippen LogP contribution is 2.31. The molecular formula is C16H22Cl2N2O2S. The van der Waals surface area contributed by atoms with Crippen molar-refractivity contribution in [3.05, 3.63) is 21.3 Å². The number of halogens is 2. The fourth-order valence-corrected chi connectivity index (χ4v) is 4.16. The van der Waals surface area contributed by atoms with Gasteiger partial charge in [0.1, 0.15) is 5.88 Å². The summed E-state index contributed by atoms with van der Waals surface area (Å²) in [5.41, 5.74) is -0.369.